The molecule has 1 amide bonds. The maximum atomic E-state index is 13.0. The zero-order valence-corrected chi connectivity index (χ0v) is 17.3. The van der Waals surface area contributed by atoms with E-state index < -0.39 is 0 Å². The first-order valence-corrected chi connectivity index (χ1v) is 10.8. The Bertz CT molecular complexity index is 810. The monoisotopic (exact) mass is 398 g/mol. The molecule has 3 atom stereocenters. The standard InChI is InChI=1S/C22H30N4O3/c1-15-10-26(11-16(2)29-15)21-23-9-18-12-28-14-22(19(18)24-21)7-8-25(13-22)20(27)17-5-3-4-6-17/h3-4,9,15-17H,5-8,10-14H2,1-2H3. The van der Waals surface area contributed by atoms with Gasteiger partial charge in [-0.15, -0.1) is 0 Å². The number of hydrogen-bond acceptors (Lipinski definition) is 6. The van der Waals surface area contributed by atoms with E-state index in [1.165, 1.54) is 0 Å². The molecule has 1 aromatic heterocycles. The van der Waals surface area contributed by atoms with Crippen LogP contribution in [0.15, 0.2) is 18.3 Å². The predicted molar refractivity (Wildman–Crippen MR) is 109 cm³/mol. The minimum absolute atomic E-state index is 0.117. The molecule has 2 fully saturated rings. The van der Waals surface area contributed by atoms with Crippen LogP contribution in [0, 0.1) is 5.92 Å². The van der Waals surface area contributed by atoms with Crippen molar-refractivity contribution < 1.29 is 14.3 Å². The molecule has 1 aliphatic carbocycles. The molecule has 7 heteroatoms. The van der Waals surface area contributed by atoms with E-state index in [0.717, 1.165) is 56.1 Å². The smallest absolute Gasteiger partial charge is 0.226 e. The zero-order valence-electron chi connectivity index (χ0n) is 17.3. The zero-order chi connectivity index (χ0) is 20.0. The minimum atomic E-state index is -0.212. The highest BCUT2D eigenvalue weighted by molar-refractivity contribution is 5.80. The highest BCUT2D eigenvalue weighted by Gasteiger charge is 2.47. The van der Waals surface area contributed by atoms with Crippen LogP contribution in [0.25, 0.3) is 0 Å². The van der Waals surface area contributed by atoms with Gasteiger partial charge >= 0.3 is 0 Å². The second-order valence-corrected chi connectivity index (χ2v) is 9.13. The topological polar surface area (TPSA) is 67.8 Å². The number of aromatic nitrogens is 2. The van der Waals surface area contributed by atoms with Crippen molar-refractivity contribution in [1.29, 1.82) is 0 Å². The molecule has 2 saturated heterocycles. The lowest BCUT2D eigenvalue weighted by atomic mass is 9.80. The molecule has 1 aromatic rings. The summed E-state index contributed by atoms with van der Waals surface area (Å²) in [5.74, 6) is 1.17. The fraction of sp³-hybridized carbons (Fsp3) is 0.682. The van der Waals surface area contributed by atoms with Crippen LogP contribution in [0.2, 0.25) is 0 Å². The van der Waals surface area contributed by atoms with Crippen LogP contribution < -0.4 is 4.90 Å². The van der Waals surface area contributed by atoms with E-state index in [4.69, 9.17) is 14.5 Å². The first-order chi connectivity index (χ1) is 14.0. The number of fused-ring (bicyclic) bond motifs is 2. The number of carbonyl (C=O) groups is 1. The number of morpholine rings is 1. The SMILES string of the molecule is CC1CN(c2ncc3c(n2)C2(CCN(C(=O)C4CC=CC4)C2)COC3)CC(C)O1. The van der Waals surface area contributed by atoms with E-state index in [2.05, 4.69) is 35.9 Å². The Labute approximate surface area is 172 Å². The summed E-state index contributed by atoms with van der Waals surface area (Å²) in [4.78, 5) is 26.9. The summed E-state index contributed by atoms with van der Waals surface area (Å²) in [6.07, 6.45) is 9.14. The summed E-state index contributed by atoms with van der Waals surface area (Å²) in [6.45, 7) is 8.43. The Morgan fingerprint density at radius 1 is 1.21 bits per heavy atom. The number of hydrogen-bond donors (Lipinski definition) is 0. The van der Waals surface area contributed by atoms with Crippen molar-refractivity contribution in [2.24, 2.45) is 5.92 Å². The number of allylic oxidation sites excluding steroid dienone is 2. The van der Waals surface area contributed by atoms with E-state index in [9.17, 15) is 4.79 Å². The van der Waals surface area contributed by atoms with Crippen molar-refractivity contribution in [1.82, 2.24) is 14.9 Å². The number of likely N-dealkylation sites (tertiary alicyclic amines) is 1. The Kier molecular flexibility index (Phi) is 4.82. The van der Waals surface area contributed by atoms with Crippen LogP contribution >= 0.6 is 0 Å². The number of nitrogens with zero attached hydrogens (tertiary/aromatic N) is 4. The summed E-state index contributed by atoms with van der Waals surface area (Å²) in [5, 5.41) is 0. The van der Waals surface area contributed by atoms with E-state index in [1.807, 2.05) is 11.1 Å². The van der Waals surface area contributed by atoms with Crippen molar-refractivity contribution in [2.75, 3.05) is 37.7 Å². The number of rotatable bonds is 2. The first-order valence-electron chi connectivity index (χ1n) is 10.8. The van der Waals surface area contributed by atoms with Crippen molar-refractivity contribution in [3.63, 3.8) is 0 Å². The van der Waals surface area contributed by atoms with Gasteiger partial charge in [-0.1, -0.05) is 12.2 Å². The number of anilines is 1. The molecule has 5 rings (SSSR count). The van der Waals surface area contributed by atoms with Crippen molar-refractivity contribution in [3.05, 3.63) is 29.6 Å². The molecule has 0 N–H and O–H groups in total. The van der Waals surface area contributed by atoms with Gasteiger partial charge in [-0.3, -0.25) is 4.79 Å². The molecule has 0 bridgehead atoms. The Balaban J connectivity index is 1.40. The van der Waals surface area contributed by atoms with E-state index >= 15 is 0 Å². The van der Waals surface area contributed by atoms with Gasteiger partial charge in [-0.05, 0) is 33.1 Å². The van der Waals surface area contributed by atoms with Crippen LogP contribution in [0.5, 0.6) is 0 Å². The van der Waals surface area contributed by atoms with Gasteiger partial charge in [0.15, 0.2) is 0 Å². The number of ether oxygens (including phenoxy) is 2. The number of carbonyl (C=O) groups excluding carboxylic acids is 1. The predicted octanol–water partition coefficient (Wildman–Crippen LogP) is 2.06. The summed E-state index contributed by atoms with van der Waals surface area (Å²) in [5.41, 5.74) is 1.93. The molecule has 0 radical (unpaired) electrons. The lowest BCUT2D eigenvalue weighted by molar-refractivity contribution is -0.134. The fourth-order valence-corrected chi connectivity index (χ4v) is 5.33. The van der Waals surface area contributed by atoms with Crippen LogP contribution in [-0.2, 0) is 26.3 Å². The third-order valence-electron chi connectivity index (χ3n) is 6.72. The molecule has 0 aromatic carbocycles. The molecular formula is C22H30N4O3. The highest BCUT2D eigenvalue weighted by Crippen LogP contribution is 2.40. The Morgan fingerprint density at radius 3 is 2.72 bits per heavy atom. The maximum Gasteiger partial charge on any atom is 0.226 e. The quantitative estimate of drug-likeness (QED) is 0.711. The second-order valence-electron chi connectivity index (χ2n) is 9.13. The fourth-order valence-electron chi connectivity index (χ4n) is 5.33. The number of amides is 1. The van der Waals surface area contributed by atoms with Crippen molar-refractivity contribution >= 4 is 11.9 Å². The molecule has 0 saturated carbocycles. The molecule has 29 heavy (non-hydrogen) atoms. The van der Waals surface area contributed by atoms with Crippen molar-refractivity contribution in [2.45, 2.75) is 57.3 Å². The largest absolute Gasteiger partial charge is 0.376 e. The van der Waals surface area contributed by atoms with Gasteiger partial charge in [0.2, 0.25) is 11.9 Å². The highest BCUT2D eigenvalue weighted by atomic mass is 16.5. The Morgan fingerprint density at radius 2 is 1.97 bits per heavy atom. The van der Waals surface area contributed by atoms with Gasteiger partial charge in [0, 0.05) is 43.9 Å². The van der Waals surface area contributed by atoms with E-state index in [-0.39, 0.29) is 29.4 Å². The molecule has 1 spiro atoms. The first kappa shape index (κ1) is 19.0. The van der Waals surface area contributed by atoms with Crippen LogP contribution in [0.4, 0.5) is 5.95 Å². The summed E-state index contributed by atoms with van der Waals surface area (Å²) in [6, 6.07) is 0. The molecule has 156 valence electrons. The van der Waals surface area contributed by atoms with Gasteiger partial charge in [0.25, 0.3) is 0 Å². The second kappa shape index (κ2) is 7.36. The molecular weight excluding hydrogens is 368 g/mol. The van der Waals surface area contributed by atoms with Gasteiger partial charge in [-0.2, -0.15) is 0 Å². The lowest BCUT2D eigenvalue weighted by Gasteiger charge is -2.38. The summed E-state index contributed by atoms with van der Waals surface area (Å²) >= 11 is 0. The maximum absolute atomic E-state index is 13.0. The van der Waals surface area contributed by atoms with Gasteiger partial charge in [0.05, 0.1) is 36.5 Å². The van der Waals surface area contributed by atoms with Gasteiger partial charge < -0.3 is 19.3 Å². The average Bonchev–Trinajstić information content (AvgIpc) is 3.38. The van der Waals surface area contributed by atoms with Crippen molar-refractivity contribution in [3.8, 4) is 0 Å². The summed E-state index contributed by atoms with van der Waals surface area (Å²) in [7, 11) is 0. The Hall–Kier alpha value is -1.99. The molecule has 7 nitrogen and oxygen atoms in total. The van der Waals surface area contributed by atoms with Crippen LogP contribution in [-0.4, -0.2) is 65.8 Å². The molecule has 3 aliphatic heterocycles. The van der Waals surface area contributed by atoms with E-state index in [0.29, 0.717) is 19.8 Å². The van der Waals surface area contributed by atoms with E-state index in [1.54, 1.807) is 0 Å². The third-order valence-corrected chi connectivity index (χ3v) is 6.72. The normalized spacial score (nSPS) is 32.2. The third kappa shape index (κ3) is 3.44. The summed E-state index contributed by atoms with van der Waals surface area (Å²) < 4.78 is 11.8. The molecule has 4 heterocycles. The molecule has 3 unspecified atom stereocenters. The average molecular weight is 399 g/mol. The van der Waals surface area contributed by atoms with Crippen LogP contribution in [0.1, 0.15) is 44.4 Å². The minimum Gasteiger partial charge on any atom is -0.376 e. The molecule has 4 aliphatic rings. The lowest BCUT2D eigenvalue weighted by Crippen LogP contribution is -2.47. The van der Waals surface area contributed by atoms with Gasteiger partial charge in [-0.25, -0.2) is 9.97 Å². The van der Waals surface area contributed by atoms with Crippen LogP contribution in [0.3, 0.4) is 0 Å². The van der Waals surface area contributed by atoms with Gasteiger partial charge in [0.1, 0.15) is 0 Å².